The van der Waals surface area contributed by atoms with Crippen LogP contribution in [-0.2, 0) is 0 Å². The minimum Gasteiger partial charge on any atom is -0.456 e. The lowest BCUT2D eigenvalue weighted by Gasteiger charge is -2.15. The molecular weight excluding hydrogens is 257 g/mol. The maximum absolute atomic E-state index is 13.7. The van der Waals surface area contributed by atoms with Crippen LogP contribution in [0.1, 0.15) is 17.3 Å². The number of ketones is 1. The summed E-state index contributed by atoms with van der Waals surface area (Å²) in [6, 6.07) is 11.7. The molecular formula is C16H16FNO2. The summed E-state index contributed by atoms with van der Waals surface area (Å²) in [5, 5.41) is 0. The van der Waals surface area contributed by atoms with E-state index in [0.717, 1.165) is 5.69 Å². The Kier molecular flexibility index (Phi) is 4.03. The van der Waals surface area contributed by atoms with Gasteiger partial charge in [0.05, 0.1) is 5.56 Å². The van der Waals surface area contributed by atoms with Crippen molar-refractivity contribution < 1.29 is 13.9 Å². The molecule has 0 bridgehead atoms. The van der Waals surface area contributed by atoms with E-state index < -0.39 is 5.82 Å². The summed E-state index contributed by atoms with van der Waals surface area (Å²) >= 11 is 0. The number of benzene rings is 2. The smallest absolute Gasteiger partial charge is 0.166 e. The molecule has 0 fully saturated rings. The monoisotopic (exact) mass is 273 g/mol. The Morgan fingerprint density at radius 3 is 2.50 bits per heavy atom. The number of carbonyl (C=O) groups is 1. The third kappa shape index (κ3) is 2.96. The minimum absolute atomic E-state index is 0.0252. The third-order valence-electron chi connectivity index (χ3n) is 2.89. The van der Waals surface area contributed by atoms with Gasteiger partial charge in [-0.25, -0.2) is 4.39 Å². The highest BCUT2D eigenvalue weighted by Crippen LogP contribution is 2.29. The quantitative estimate of drug-likeness (QED) is 0.792. The van der Waals surface area contributed by atoms with Crippen molar-refractivity contribution in [2.45, 2.75) is 6.92 Å². The van der Waals surface area contributed by atoms with Gasteiger partial charge < -0.3 is 9.64 Å². The zero-order chi connectivity index (χ0) is 14.7. The van der Waals surface area contributed by atoms with Crippen LogP contribution in [0, 0.1) is 5.82 Å². The van der Waals surface area contributed by atoms with Gasteiger partial charge in [-0.3, -0.25) is 4.79 Å². The highest BCUT2D eigenvalue weighted by atomic mass is 19.1. The lowest BCUT2D eigenvalue weighted by molar-refractivity contribution is 0.101. The molecule has 0 saturated carbocycles. The zero-order valence-corrected chi connectivity index (χ0v) is 11.7. The Balaban J connectivity index is 2.38. The third-order valence-corrected chi connectivity index (χ3v) is 2.89. The predicted molar refractivity (Wildman–Crippen MR) is 77.2 cm³/mol. The molecule has 0 unspecified atom stereocenters. The lowest BCUT2D eigenvalue weighted by Crippen LogP contribution is -2.08. The lowest BCUT2D eigenvalue weighted by atomic mass is 10.1. The van der Waals surface area contributed by atoms with Crippen molar-refractivity contribution in [2.24, 2.45) is 0 Å². The molecule has 0 spiro atoms. The van der Waals surface area contributed by atoms with Crippen molar-refractivity contribution in [1.29, 1.82) is 0 Å². The number of anilines is 1. The number of nitrogens with zero attached hydrogens (tertiary/aromatic N) is 1. The van der Waals surface area contributed by atoms with Crippen molar-refractivity contribution >= 4 is 11.5 Å². The largest absolute Gasteiger partial charge is 0.456 e. The SMILES string of the molecule is CC(=O)c1c(F)cccc1Oc1cccc(N(C)C)c1. The number of halogens is 1. The maximum atomic E-state index is 13.7. The summed E-state index contributed by atoms with van der Waals surface area (Å²) in [6.07, 6.45) is 0. The first-order valence-electron chi connectivity index (χ1n) is 6.23. The molecule has 0 radical (unpaired) electrons. The Labute approximate surface area is 117 Å². The summed E-state index contributed by atoms with van der Waals surface area (Å²) in [6.45, 7) is 1.32. The van der Waals surface area contributed by atoms with Crippen LogP contribution in [0.25, 0.3) is 0 Å². The first kappa shape index (κ1) is 14.1. The highest BCUT2D eigenvalue weighted by Gasteiger charge is 2.14. The fourth-order valence-corrected chi connectivity index (χ4v) is 1.88. The predicted octanol–water partition coefficient (Wildman–Crippen LogP) is 3.89. The molecule has 3 nitrogen and oxygen atoms in total. The fraction of sp³-hybridized carbons (Fsp3) is 0.188. The standard InChI is InChI=1S/C16H16FNO2/c1-11(19)16-14(17)8-5-9-15(16)20-13-7-4-6-12(10-13)18(2)3/h4-10H,1-3H3. The number of rotatable bonds is 4. The van der Waals surface area contributed by atoms with Gasteiger partial charge in [0.15, 0.2) is 5.78 Å². The van der Waals surface area contributed by atoms with Crippen molar-refractivity contribution in [1.82, 2.24) is 0 Å². The van der Waals surface area contributed by atoms with E-state index in [-0.39, 0.29) is 17.1 Å². The van der Waals surface area contributed by atoms with Gasteiger partial charge in [0.2, 0.25) is 0 Å². The summed E-state index contributed by atoms with van der Waals surface area (Å²) in [4.78, 5) is 13.5. The van der Waals surface area contributed by atoms with Crippen LogP contribution in [0.3, 0.4) is 0 Å². The van der Waals surface area contributed by atoms with Crippen LogP contribution >= 0.6 is 0 Å². The van der Waals surface area contributed by atoms with E-state index in [0.29, 0.717) is 5.75 Å². The second-order valence-electron chi connectivity index (χ2n) is 4.66. The van der Waals surface area contributed by atoms with Gasteiger partial charge in [-0.2, -0.15) is 0 Å². The Morgan fingerprint density at radius 2 is 1.85 bits per heavy atom. The van der Waals surface area contributed by atoms with Crippen LogP contribution in [-0.4, -0.2) is 19.9 Å². The molecule has 0 N–H and O–H groups in total. The molecule has 0 aliphatic heterocycles. The van der Waals surface area contributed by atoms with Crippen LogP contribution < -0.4 is 9.64 Å². The summed E-state index contributed by atoms with van der Waals surface area (Å²) < 4.78 is 19.4. The minimum atomic E-state index is -0.571. The van der Waals surface area contributed by atoms with Crippen molar-refractivity contribution in [3.63, 3.8) is 0 Å². The number of ether oxygens (including phenoxy) is 1. The zero-order valence-electron chi connectivity index (χ0n) is 11.7. The van der Waals surface area contributed by atoms with E-state index in [9.17, 15) is 9.18 Å². The molecule has 0 aliphatic carbocycles. The first-order chi connectivity index (χ1) is 9.49. The molecule has 4 heteroatoms. The van der Waals surface area contributed by atoms with E-state index in [2.05, 4.69) is 0 Å². The van der Waals surface area contributed by atoms with E-state index in [1.54, 1.807) is 12.1 Å². The van der Waals surface area contributed by atoms with Crippen LogP contribution in [0.2, 0.25) is 0 Å². The number of hydrogen-bond acceptors (Lipinski definition) is 3. The average molecular weight is 273 g/mol. The number of Topliss-reactive ketones (excluding diaryl/α,β-unsaturated/α-hetero) is 1. The number of carbonyl (C=O) groups excluding carboxylic acids is 1. The molecule has 0 saturated heterocycles. The number of hydrogen-bond donors (Lipinski definition) is 0. The summed E-state index contributed by atoms with van der Waals surface area (Å²) in [5.74, 6) is -0.140. The molecule has 0 atom stereocenters. The van der Waals surface area contributed by atoms with Crippen LogP contribution in [0.5, 0.6) is 11.5 Å². The summed E-state index contributed by atoms with van der Waals surface area (Å²) in [5.41, 5.74) is 0.936. The first-order valence-corrected chi connectivity index (χ1v) is 6.23. The van der Waals surface area contributed by atoms with Gasteiger partial charge in [0, 0.05) is 25.8 Å². The molecule has 20 heavy (non-hydrogen) atoms. The van der Waals surface area contributed by atoms with Crippen LogP contribution in [0.15, 0.2) is 42.5 Å². The van der Waals surface area contributed by atoms with E-state index in [1.807, 2.05) is 37.2 Å². The Bertz CT molecular complexity index is 638. The van der Waals surface area contributed by atoms with Gasteiger partial charge in [-0.05, 0) is 31.2 Å². The maximum Gasteiger partial charge on any atom is 0.166 e. The van der Waals surface area contributed by atoms with Gasteiger partial charge in [-0.15, -0.1) is 0 Å². The molecule has 104 valence electrons. The van der Waals surface area contributed by atoms with Gasteiger partial charge in [0.1, 0.15) is 17.3 Å². The second-order valence-corrected chi connectivity index (χ2v) is 4.66. The highest BCUT2D eigenvalue weighted by molar-refractivity contribution is 5.97. The summed E-state index contributed by atoms with van der Waals surface area (Å²) in [7, 11) is 3.84. The molecule has 0 aliphatic rings. The van der Waals surface area contributed by atoms with Crippen molar-refractivity contribution in [2.75, 3.05) is 19.0 Å². The second kappa shape index (κ2) is 5.74. The van der Waals surface area contributed by atoms with E-state index >= 15 is 0 Å². The molecule has 2 rings (SSSR count). The van der Waals surface area contributed by atoms with Crippen molar-refractivity contribution in [3.05, 3.63) is 53.8 Å². The van der Waals surface area contributed by atoms with Gasteiger partial charge in [-0.1, -0.05) is 12.1 Å². The molecule has 0 heterocycles. The fourth-order valence-electron chi connectivity index (χ4n) is 1.88. The normalized spacial score (nSPS) is 10.2. The average Bonchev–Trinajstić information content (AvgIpc) is 2.38. The van der Waals surface area contributed by atoms with E-state index in [1.165, 1.54) is 19.1 Å². The molecule has 0 amide bonds. The van der Waals surface area contributed by atoms with Crippen molar-refractivity contribution in [3.8, 4) is 11.5 Å². The molecule has 0 aromatic heterocycles. The van der Waals surface area contributed by atoms with Crippen LogP contribution in [0.4, 0.5) is 10.1 Å². The van der Waals surface area contributed by atoms with E-state index in [4.69, 9.17) is 4.74 Å². The van der Waals surface area contributed by atoms with Gasteiger partial charge >= 0.3 is 0 Å². The molecule has 2 aromatic carbocycles. The Hall–Kier alpha value is -2.36. The Morgan fingerprint density at radius 1 is 1.15 bits per heavy atom. The van der Waals surface area contributed by atoms with Gasteiger partial charge in [0.25, 0.3) is 0 Å². The molecule has 2 aromatic rings. The topological polar surface area (TPSA) is 29.5 Å².